The van der Waals surface area contributed by atoms with E-state index in [1.165, 1.54) is 11.3 Å². The van der Waals surface area contributed by atoms with Crippen molar-refractivity contribution >= 4 is 5.69 Å². The molecule has 1 heterocycles. The smallest absolute Gasteiger partial charge is 0.0399 e. The van der Waals surface area contributed by atoms with Gasteiger partial charge in [0.15, 0.2) is 0 Å². The zero-order valence-corrected chi connectivity index (χ0v) is 6.96. The van der Waals surface area contributed by atoms with Gasteiger partial charge in [-0.1, -0.05) is 12.1 Å². The third-order valence-electron chi connectivity index (χ3n) is 2.32. The van der Waals surface area contributed by atoms with Crippen LogP contribution in [0.15, 0.2) is 18.2 Å². The van der Waals surface area contributed by atoms with E-state index in [1.807, 2.05) is 18.2 Å². The number of fused-ring (bicyclic) bond motifs is 1. The van der Waals surface area contributed by atoms with Gasteiger partial charge in [-0.15, -0.1) is 0 Å². The summed E-state index contributed by atoms with van der Waals surface area (Å²) in [6.45, 7) is 12.9. The molecular formula is C11H11N. The Balaban J connectivity index is 2.40. The zero-order chi connectivity index (χ0) is 8.55. The first-order valence-electron chi connectivity index (χ1n) is 4.14. The Hall–Kier alpha value is -0.980. The minimum atomic E-state index is 0.594. The van der Waals surface area contributed by atoms with Gasteiger partial charge in [-0.2, -0.15) is 0 Å². The van der Waals surface area contributed by atoms with Crippen molar-refractivity contribution in [3.05, 3.63) is 43.2 Å². The minimum Gasteiger partial charge on any atom is -0.371 e. The summed E-state index contributed by atoms with van der Waals surface area (Å²) in [4.78, 5) is 2.16. The highest BCUT2D eigenvalue weighted by Crippen LogP contribution is 2.27. The van der Waals surface area contributed by atoms with Crippen LogP contribution >= 0.6 is 0 Å². The Bertz CT molecular complexity index is 291. The quantitative estimate of drug-likeness (QED) is 0.601. The second-order valence-corrected chi connectivity index (χ2v) is 3.08. The lowest BCUT2D eigenvalue weighted by atomic mass is 10.1. The minimum absolute atomic E-state index is 0.594. The summed E-state index contributed by atoms with van der Waals surface area (Å²) in [6, 6.07) is 6.00. The van der Waals surface area contributed by atoms with Gasteiger partial charge in [0.2, 0.25) is 0 Å². The second kappa shape index (κ2) is 2.81. The van der Waals surface area contributed by atoms with Crippen LogP contribution in [0.3, 0.4) is 0 Å². The molecule has 0 saturated carbocycles. The van der Waals surface area contributed by atoms with E-state index in [4.69, 9.17) is 13.8 Å². The van der Waals surface area contributed by atoms with Crippen LogP contribution < -0.4 is 4.90 Å². The molecule has 1 aromatic rings. The van der Waals surface area contributed by atoms with Crippen LogP contribution in [0.1, 0.15) is 11.1 Å². The van der Waals surface area contributed by atoms with Gasteiger partial charge in [0.25, 0.3) is 0 Å². The van der Waals surface area contributed by atoms with E-state index in [0.29, 0.717) is 6.54 Å². The lowest BCUT2D eigenvalue weighted by Crippen LogP contribution is -2.19. The fourth-order valence-electron chi connectivity index (χ4n) is 1.68. The van der Waals surface area contributed by atoms with E-state index >= 15 is 0 Å². The molecule has 60 valence electrons. The van der Waals surface area contributed by atoms with E-state index in [0.717, 1.165) is 18.5 Å². The number of hydrogen-bond donors (Lipinski definition) is 0. The van der Waals surface area contributed by atoms with Gasteiger partial charge in [-0.3, -0.25) is 0 Å². The Kier molecular flexibility index (Phi) is 1.80. The maximum Gasteiger partial charge on any atom is 0.0399 e. The number of nitrogens with zero attached hydrogens (tertiary/aromatic N) is 1. The molecule has 0 aliphatic carbocycles. The molecule has 0 aromatic heterocycles. The van der Waals surface area contributed by atoms with Crippen molar-refractivity contribution in [2.75, 3.05) is 18.0 Å². The lowest BCUT2D eigenvalue weighted by molar-refractivity contribution is 0.902. The molecule has 0 atom stereocenters. The van der Waals surface area contributed by atoms with Crippen LogP contribution in [-0.4, -0.2) is 13.1 Å². The van der Waals surface area contributed by atoms with Crippen molar-refractivity contribution in [3.63, 3.8) is 0 Å². The summed E-state index contributed by atoms with van der Waals surface area (Å²) in [7, 11) is 0. The molecule has 0 N–H and O–H groups in total. The van der Waals surface area contributed by atoms with Crippen LogP contribution in [0.25, 0.3) is 0 Å². The van der Waals surface area contributed by atoms with Crippen molar-refractivity contribution in [2.24, 2.45) is 0 Å². The molecule has 1 aromatic carbocycles. The normalized spacial score (nSPS) is 15.0. The molecule has 0 bridgehead atoms. The van der Waals surface area contributed by atoms with Crippen molar-refractivity contribution in [1.29, 1.82) is 0 Å². The van der Waals surface area contributed by atoms with Crippen molar-refractivity contribution in [3.8, 4) is 0 Å². The molecule has 4 radical (unpaired) electrons. The molecule has 12 heavy (non-hydrogen) atoms. The summed E-state index contributed by atoms with van der Waals surface area (Å²) in [5.41, 5.74) is 3.40. The fourth-order valence-corrected chi connectivity index (χ4v) is 1.68. The standard InChI is InChI=1S/C11H11N/c1-3-12-7-6-10-8-9(2)4-5-11(10)12/h1-2,4-5,8H,3,6-7H2. The molecule has 2 rings (SSSR count). The van der Waals surface area contributed by atoms with Gasteiger partial charge in [-0.05, 0) is 37.5 Å². The highest BCUT2D eigenvalue weighted by Gasteiger charge is 2.16. The SMILES string of the molecule is [CH]CN1CCc2cc([CH])ccc21. The van der Waals surface area contributed by atoms with Crippen LogP contribution in [-0.2, 0) is 6.42 Å². The summed E-state index contributed by atoms with van der Waals surface area (Å²) in [6.07, 6.45) is 1.07. The van der Waals surface area contributed by atoms with E-state index < -0.39 is 0 Å². The van der Waals surface area contributed by atoms with E-state index in [-0.39, 0.29) is 0 Å². The van der Waals surface area contributed by atoms with Gasteiger partial charge in [0, 0.05) is 18.8 Å². The molecule has 1 aliphatic rings. The predicted octanol–water partition coefficient (Wildman–Crippen LogP) is 1.82. The second-order valence-electron chi connectivity index (χ2n) is 3.08. The van der Waals surface area contributed by atoms with Crippen LogP contribution in [0.4, 0.5) is 5.69 Å². The topological polar surface area (TPSA) is 3.24 Å². The molecule has 1 nitrogen and oxygen atoms in total. The zero-order valence-electron chi connectivity index (χ0n) is 6.96. The fraction of sp³-hybridized carbons (Fsp3) is 0.273. The Morgan fingerprint density at radius 1 is 1.42 bits per heavy atom. The highest BCUT2D eigenvalue weighted by molar-refractivity contribution is 5.59. The molecule has 1 heteroatoms. The van der Waals surface area contributed by atoms with Crippen molar-refractivity contribution in [1.82, 2.24) is 0 Å². The first-order valence-corrected chi connectivity index (χ1v) is 4.14. The monoisotopic (exact) mass is 157 g/mol. The maximum absolute atomic E-state index is 5.67. The average Bonchev–Trinajstić information content (AvgIpc) is 2.46. The average molecular weight is 157 g/mol. The maximum atomic E-state index is 5.67. The molecule has 0 spiro atoms. The first-order chi connectivity index (χ1) is 5.81. The highest BCUT2D eigenvalue weighted by atomic mass is 15.1. The molecule has 0 amide bonds. The van der Waals surface area contributed by atoms with Gasteiger partial charge in [-0.25, -0.2) is 0 Å². The third kappa shape index (κ3) is 1.09. The third-order valence-corrected chi connectivity index (χ3v) is 2.32. The molecule has 1 aliphatic heterocycles. The first kappa shape index (κ1) is 7.66. The predicted molar refractivity (Wildman–Crippen MR) is 50.1 cm³/mol. The molecule has 0 fully saturated rings. The van der Waals surface area contributed by atoms with Gasteiger partial charge in [0.1, 0.15) is 0 Å². The molecule has 0 saturated heterocycles. The number of anilines is 1. The largest absolute Gasteiger partial charge is 0.371 e. The summed E-state index contributed by atoms with van der Waals surface area (Å²) in [5.74, 6) is 0. The summed E-state index contributed by atoms with van der Waals surface area (Å²) < 4.78 is 0. The van der Waals surface area contributed by atoms with Crippen molar-refractivity contribution < 1.29 is 0 Å². The number of rotatable bonds is 1. The Labute approximate surface area is 74.0 Å². The van der Waals surface area contributed by atoms with Crippen LogP contribution in [0.5, 0.6) is 0 Å². The number of benzene rings is 1. The Morgan fingerprint density at radius 2 is 2.25 bits per heavy atom. The van der Waals surface area contributed by atoms with Gasteiger partial charge in [0.05, 0.1) is 0 Å². The van der Waals surface area contributed by atoms with Gasteiger partial charge < -0.3 is 4.90 Å². The van der Waals surface area contributed by atoms with E-state index in [1.54, 1.807) is 0 Å². The van der Waals surface area contributed by atoms with E-state index in [9.17, 15) is 0 Å². The summed E-state index contributed by atoms with van der Waals surface area (Å²) >= 11 is 0. The number of hydrogen-bond acceptors (Lipinski definition) is 1. The summed E-state index contributed by atoms with van der Waals surface area (Å²) in [5, 5.41) is 0. The van der Waals surface area contributed by atoms with E-state index in [2.05, 4.69) is 4.90 Å². The van der Waals surface area contributed by atoms with Crippen molar-refractivity contribution in [2.45, 2.75) is 6.42 Å². The van der Waals surface area contributed by atoms with Crippen LogP contribution in [0, 0.1) is 13.8 Å². The Morgan fingerprint density at radius 3 is 3.00 bits per heavy atom. The van der Waals surface area contributed by atoms with Gasteiger partial charge >= 0.3 is 0 Å². The lowest BCUT2D eigenvalue weighted by Gasteiger charge is -2.15. The van der Waals surface area contributed by atoms with Crippen LogP contribution in [0.2, 0.25) is 0 Å². The molecule has 0 unspecified atom stereocenters. The molecular weight excluding hydrogens is 146 g/mol.